The van der Waals surface area contributed by atoms with E-state index >= 15 is 0 Å². The van der Waals surface area contributed by atoms with Gasteiger partial charge in [-0.2, -0.15) is 0 Å². The quantitative estimate of drug-likeness (QED) is 0.753. The van der Waals surface area contributed by atoms with Crippen molar-refractivity contribution in [3.63, 3.8) is 0 Å². The van der Waals surface area contributed by atoms with Crippen LogP contribution in [-0.4, -0.2) is 60.6 Å². The second-order valence-electron chi connectivity index (χ2n) is 5.88. The molecular formula is C18H19ClN2O3. The topological polar surface area (TPSA) is 53.8 Å². The van der Waals surface area contributed by atoms with Gasteiger partial charge in [0.25, 0.3) is 0 Å². The molecule has 0 spiro atoms. The maximum absolute atomic E-state index is 12.3. The first kappa shape index (κ1) is 16.9. The lowest BCUT2D eigenvalue weighted by Crippen LogP contribution is -2.49. The minimum atomic E-state index is -0.00862. The predicted octanol–water partition coefficient (Wildman–Crippen LogP) is 2.62. The van der Waals surface area contributed by atoms with E-state index in [4.69, 9.17) is 16.0 Å². The average Bonchev–Trinajstić information content (AvgIpc) is 3.12. The summed E-state index contributed by atoms with van der Waals surface area (Å²) in [5, 5.41) is 0.626. The zero-order chi connectivity index (χ0) is 16.9. The number of nitrogens with zero attached hydrogens (tertiary/aromatic N) is 2. The number of Topliss-reactive ketones (excluding diaryl/α,β-unsaturated/α-hetero) is 2. The molecule has 0 radical (unpaired) electrons. The van der Waals surface area contributed by atoms with Crippen molar-refractivity contribution >= 4 is 23.2 Å². The number of hydrogen-bond donors (Lipinski definition) is 0. The minimum absolute atomic E-state index is 0.00862. The fourth-order valence-electron chi connectivity index (χ4n) is 2.75. The van der Waals surface area contributed by atoms with Gasteiger partial charge >= 0.3 is 0 Å². The molecule has 126 valence electrons. The first-order chi connectivity index (χ1) is 11.6. The second kappa shape index (κ2) is 7.75. The normalized spacial score (nSPS) is 16.2. The van der Waals surface area contributed by atoms with Gasteiger partial charge in [0, 0.05) is 36.8 Å². The van der Waals surface area contributed by atoms with Crippen LogP contribution in [0.2, 0.25) is 5.02 Å². The van der Waals surface area contributed by atoms with Gasteiger partial charge in [0.2, 0.25) is 5.78 Å². The predicted molar refractivity (Wildman–Crippen MR) is 91.7 cm³/mol. The zero-order valence-electron chi connectivity index (χ0n) is 13.3. The van der Waals surface area contributed by atoms with E-state index in [-0.39, 0.29) is 11.6 Å². The molecule has 1 saturated heterocycles. The molecular weight excluding hydrogens is 328 g/mol. The van der Waals surface area contributed by atoms with E-state index in [0.29, 0.717) is 29.4 Å². The Balaban J connectivity index is 1.46. The third-order valence-corrected chi connectivity index (χ3v) is 4.41. The summed E-state index contributed by atoms with van der Waals surface area (Å²) in [6, 6.07) is 10.4. The van der Waals surface area contributed by atoms with Crippen LogP contribution >= 0.6 is 11.6 Å². The van der Waals surface area contributed by atoms with Crippen LogP contribution in [0.5, 0.6) is 0 Å². The fraction of sp³-hybridized carbons (Fsp3) is 0.333. The van der Waals surface area contributed by atoms with Gasteiger partial charge in [-0.3, -0.25) is 19.4 Å². The molecule has 5 nitrogen and oxygen atoms in total. The Morgan fingerprint density at radius 1 is 0.917 bits per heavy atom. The van der Waals surface area contributed by atoms with Crippen molar-refractivity contribution in [1.82, 2.24) is 9.80 Å². The molecule has 1 fully saturated rings. The lowest BCUT2D eigenvalue weighted by atomic mass is 10.1. The van der Waals surface area contributed by atoms with Crippen molar-refractivity contribution < 1.29 is 14.0 Å². The van der Waals surface area contributed by atoms with Gasteiger partial charge in [-0.25, -0.2) is 0 Å². The van der Waals surface area contributed by atoms with Crippen LogP contribution < -0.4 is 0 Å². The van der Waals surface area contributed by atoms with E-state index in [0.717, 1.165) is 26.2 Å². The lowest BCUT2D eigenvalue weighted by Gasteiger charge is -2.33. The van der Waals surface area contributed by atoms with Crippen LogP contribution in [0.4, 0.5) is 0 Å². The first-order valence-electron chi connectivity index (χ1n) is 7.92. The van der Waals surface area contributed by atoms with Crippen LogP contribution in [0.25, 0.3) is 0 Å². The summed E-state index contributed by atoms with van der Waals surface area (Å²) in [6.45, 7) is 3.81. The third kappa shape index (κ3) is 4.32. The molecule has 1 aromatic carbocycles. The largest absolute Gasteiger partial charge is 0.461 e. The van der Waals surface area contributed by atoms with Gasteiger partial charge in [-0.1, -0.05) is 11.6 Å². The van der Waals surface area contributed by atoms with E-state index < -0.39 is 0 Å². The first-order valence-corrected chi connectivity index (χ1v) is 8.30. The summed E-state index contributed by atoms with van der Waals surface area (Å²) in [7, 11) is 0. The highest BCUT2D eigenvalue weighted by Gasteiger charge is 2.22. The molecule has 2 aromatic rings. The van der Waals surface area contributed by atoms with Crippen LogP contribution in [0, 0.1) is 0 Å². The van der Waals surface area contributed by atoms with Crippen molar-refractivity contribution in [1.29, 1.82) is 0 Å². The molecule has 2 heterocycles. The average molecular weight is 347 g/mol. The Kier molecular flexibility index (Phi) is 5.45. The summed E-state index contributed by atoms with van der Waals surface area (Å²) < 4.78 is 5.13. The highest BCUT2D eigenvalue weighted by Crippen LogP contribution is 2.12. The van der Waals surface area contributed by atoms with Gasteiger partial charge < -0.3 is 4.42 Å². The van der Waals surface area contributed by atoms with Crippen molar-refractivity contribution in [2.24, 2.45) is 0 Å². The summed E-state index contributed by atoms with van der Waals surface area (Å²) in [5.41, 5.74) is 0.676. The summed E-state index contributed by atoms with van der Waals surface area (Å²) in [5.74, 6) is 0.479. The highest BCUT2D eigenvalue weighted by molar-refractivity contribution is 6.30. The van der Waals surface area contributed by atoms with Crippen LogP contribution in [0.3, 0.4) is 0 Å². The maximum Gasteiger partial charge on any atom is 0.211 e. The van der Waals surface area contributed by atoms with Crippen LogP contribution in [0.15, 0.2) is 47.1 Å². The van der Waals surface area contributed by atoms with Gasteiger partial charge in [0.15, 0.2) is 11.5 Å². The maximum atomic E-state index is 12.3. The molecule has 3 rings (SSSR count). The molecule has 0 aliphatic carbocycles. The zero-order valence-corrected chi connectivity index (χ0v) is 14.0. The van der Waals surface area contributed by atoms with Crippen molar-refractivity contribution in [2.75, 3.05) is 39.3 Å². The smallest absolute Gasteiger partial charge is 0.211 e. The SMILES string of the molecule is O=C(CN1CCN(CC(=O)c2ccco2)CC1)c1ccc(Cl)cc1. The fourth-order valence-corrected chi connectivity index (χ4v) is 2.88. The number of carbonyl (C=O) groups excluding carboxylic acids is 2. The van der Waals surface area contributed by atoms with Crippen molar-refractivity contribution in [3.05, 3.63) is 59.0 Å². The summed E-state index contributed by atoms with van der Waals surface area (Å²) in [6.07, 6.45) is 1.51. The molecule has 0 atom stereocenters. The van der Waals surface area contributed by atoms with Gasteiger partial charge in [-0.05, 0) is 36.4 Å². The van der Waals surface area contributed by atoms with Gasteiger partial charge in [0.1, 0.15) is 0 Å². The second-order valence-corrected chi connectivity index (χ2v) is 6.32. The number of halogens is 1. The van der Waals surface area contributed by atoms with Crippen molar-refractivity contribution in [3.8, 4) is 0 Å². The lowest BCUT2D eigenvalue weighted by molar-refractivity contribution is 0.0769. The Morgan fingerprint density at radius 2 is 1.50 bits per heavy atom. The molecule has 1 aliphatic rings. The standard InChI is InChI=1S/C18H19ClN2O3/c19-15-5-3-14(4-6-15)16(22)12-20-7-9-21(10-8-20)13-17(23)18-2-1-11-24-18/h1-6,11H,7-10,12-13H2. The van der Waals surface area contributed by atoms with Crippen molar-refractivity contribution in [2.45, 2.75) is 0 Å². The molecule has 0 amide bonds. The van der Waals surface area contributed by atoms with E-state index in [1.807, 2.05) is 0 Å². The Labute approximate surface area is 145 Å². The van der Waals surface area contributed by atoms with E-state index in [2.05, 4.69) is 9.80 Å². The van der Waals surface area contributed by atoms with E-state index in [1.165, 1.54) is 6.26 Å². The number of rotatable bonds is 6. The molecule has 1 aromatic heterocycles. The van der Waals surface area contributed by atoms with Gasteiger partial charge in [-0.15, -0.1) is 0 Å². The molecule has 6 heteroatoms. The molecule has 1 aliphatic heterocycles. The Morgan fingerprint density at radius 3 is 2.04 bits per heavy atom. The minimum Gasteiger partial charge on any atom is -0.461 e. The van der Waals surface area contributed by atoms with Gasteiger partial charge in [0.05, 0.1) is 19.4 Å². The number of carbonyl (C=O) groups is 2. The molecule has 0 N–H and O–H groups in total. The van der Waals surface area contributed by atoms with Crippen LogP contribution in [0.1, 0.15) is 20.9 Å². The number of hydrogen-bond acceptors (Lipinski definition) is 5. The third-order valence-electron chi connectivity index (χ3n) is 4.16. The molecule has 0 saturated carbocycles. The number of benzene rings is 1. The number of ketones is 2. The monoisotopic (exact) mass is 346 g/mol. The molecule has 24 heavy (non-hydrogen) atoms. The number of piperazine rings is 1. The summed E-state index contributed by atoms with van der Waals surface area (Å²) >= 11 is 5.84. The molecule has 0 bridgehead atoms. The van der Waals surface area contributed by atoms with E-state index in [9.17, 15) is 9.59 Å². The highest BCUT2D eigenvalue weighted by atomic mass is 35.5. The Hall–Kier alpha value is -1.95. The van der Waals surface area contributed by atoms with Crippen LogP contribution in [-0.2, 0) is 0 Å². The Bertz CT molecular complexity index is 690. The molecule has 0 unspecified atom stereocenters. The number of furan rings is 1. The summed E-state index contributed by atoms with van der Waals surface area (Å²) in [4.78, 5) is 28.5. The van der Waals surface area contributed by atoms with E-state index in [1.54, 1.807) is 36.4 Å².